The van der Waals surface area contributed by atoms with Crippen molar-refractivity contribution in [3.63, 3.8) is 0 Å². The van der Waals surface area contributed by atoms with Crippen molar-refractivity contribution in [1.82, 2.24) is 29.9 Å². The Balaban J connectivity index is 0.000000108. The van der Waals surface area contributed by atoms with E-state index in [1.165, 1.54) is 220 Å². The zero-order valence-electron chi connectivity index (χ0n) is 75.8. The lowest BCUT2D eigenvalue weighted by Gasteiger charge is -2.23. The molecule has 0 atom stereocenters. The van der Waals surface area contributed by atoms with Gasteiger partial charge in [0.15, 0.2) is 5.82 Å². The molecule has 3 aliphatic rings. The van der Waals surface area contributed by atoms with Crippen molar-refractivity contribution in [3.8, 4) is 134 Å². The molecule has 0 fully saturated rings. The van der Waals surface area contributed by atoms with Crippen molar-refractivity contribution >= 4 is 97.0 Å². The third kappa shape index (κ3) is 12.8. The monoisotopic (exact) mass is 1720 g/mol. The molecule has 0 amide bonds. The Labute approximate surface area is 784 Å². The second-order valence-electron chi connectivity index (χ2n) is 37.7. The molecule has 0 N–H and O–H groups in total. The van der Waals surface area contributed by atoms with Crippen LogP contribution in [-0.4, -0.2) is 29.9 Å². The van der Waals surface area contributed by atoms with E-state index in [1.54, 1.807) is 18.7 Å². The molecule has 3 heterocycles. The van der Waals surface area contributed by atoms with E-state index in [0.717, 1.165) is 44.7 Å². The summed E-state index contributed by atoms with van der Waals surface area (Å²) in [6.45, 7) is 14.1. The number of aromatic nitrogens is 6. The first-order valence-electron chi connectivity index (χ1n) is 46.7. The van der Waals surface area contributed by atoms with E-state index in [1.807, 2.05) is 36.9 Å². The summed E-state index contributed by atoms with van der Waals surface area (Å²) in [4.78, 5) is 27.8. The molecule has 21 aromatic carbocycles. The van der Waals surface area contributed by atoms with Crippen molar-refractivity contribution in [2.24, 2.45) is 0 Å². The van der Waals surface area contributed by atoms with Crippen LogP contribution >= 0.6 is 0 Å². The van der Waals surface area contributed by atoms with Gasteiger partial charge in [0.05, 0.1) is 17.6 Å². The van der Waals surface area contributed by atoms with Crippen LogP contribution in [0, 0.1) is 0 Å². The highest BCUT2D eigenvalue weighted by molar-refractivity contribution is 6.27. The molecule has 0 bridgehead atoms. The van der Waals surface area contributed by atoms with Crippen molar-refractivity contribution in [2.75, 3.05) is 0 Å². The number of fused-ring (bicyclic) bond motifs is 18. The summed E-state index contributed by atoms with van der Waals surface area (Å²) in [5.74, 6) is 0.743. The number of nitrogens with zero attached hydrogens (tertiary/aromatic N) is 6. The molecule has 0 unspecified atom stereocenters. The minimum absolute atomic E-state index is 0.0808. The van der Waals surface area contributed by atoms with E-state index >= 15 is 0 Å². The number of hydrogen-bond acceptors (Lipinski definition) is 6. The van der Waals surface area contributed by atoms with Crippen molar-refractivity contribution in [1.29, 1.82) is 0 Å². The van der Waals surface area contributed by atoms with Crippen molar-refractivity contribution in [2.45, 2.75) is 57.8 Å². The average molecular weight is 1720 g/mol. The van der Waals surface area contributed by atoms with Crippen LogP contribution in [-0.2, 0) is 16.2 Å². The van der Waals surface area contributed by atoms with Crippen LogP contribution in [0.25, 0.3) is 231 Å². The molecule has 0 saturated carbocycles. The highest BCUT2D eigenvalue weighted by Gasteiger charge is 2.41. The van der Waals surface area contributed by atoms with Crippen LogP contribution < -0.4 is 0 Å². The first-order valence-corrected chi connectivity index (χ1v) is 46.7. The third-order valence-corrected chi connectivity index (χ3v) is 29.5. The highest BCUT2D eigenvalue weighted by atomic mass is 14.9. The topological polar surface area (TPSA) is 77.3 Å². The second kappa shape index (κ2) is 31.8. The molecule has 3 aromatic heterocycles. The van der Waals surface area contributed by atoms with Gasteiger partial charge >= 0.3 is 0 Å². The molecular weight excluding hydrogens is 1630 g/mol. The Morgan fingerprint density at radius 3 is 0.837 bits per heavy atom. The number of rotatable bonds is 9. The SMILES string of the molecule is CC1(C)c2ccccc2-c2c(-c3c4ccccc4c(-c4ccncn4)c4ccc(-c5cccc6ccccc56)cc34)cccc21.CC1(C)c2ccccc2-c2c(-c3c4ccccc4c(-c4cnccn4)c4ccc(-c5cccc6ccccc56)cc34)cccc21.CC1(C)c2ccccc2-c2c(-c3c4ccccc4c(-c4ncccn4)c4ccc(-c5cccc6ccccc56)cc34)cccc21. The summed E-state index contributed by atoms with van der Waals surface area (Å²) >= 11 is 0. The molecule has 135 heavy (non-hydrogen) atoms. The minimum Gasteiger partial charge on any atom is -0.261 e. The molecule has 0 radical (unpaired) electrons. The Morgan fingerprint density at radius 1 is 0.170 bits per heavy atom. The predicted molar refractivity (Wildman–Crippen MR) is 565 cm³/mol. The van der Waals surface area contributed by atoms with Gasteiger partial charge in [0.25, 0.3) is 0 Å². The molecule has 0 spiro atoms. The molecule has 24 aromatic rings. The Morgan fingerprint density at radius 2 is 0.467 bits per heavy atom. The fourth-order valence-corrected chi connectivity index (χ4v) is 23.3. The molecule has 6 nitrogen and oxygen atoms in total. The quantitative estimate of drug-likeness (QED) is 0.134. The molecule has 0 saturated heterocycles. The summed E-state index contributed by atoms with van der Waals surface area (Å²) < 4.78 is 0. The zero-order chi connectivity index (χ0) is 90.4. The van der Waals surface area contributed by atoms with Gasteiger partial charge in [-0.25, -0.2) is 19.9 Å². The number of hydrogen-bond donors (Lipinski definition) is 0. The van der Waals surface area contributed by atoms with E-state index in [-0.39, 0.29) is 16.2 Å². The molecule has 0 aliphatic heterocycles. The number of benzene rings is 21. The van der Waals surface area contributed by atoms with Gasteiger partial charge in [-0.2, -0.15) is 0 Å². The first kappa shape index (κ1) is 80.3. The van der Waals surface area contributed by atoms with E-state index in [0.29, 0.717) is 0 Å². The molecule has 636 valence electrons. The lowest BCUT2D eigenvalue weighted by molar-refractivity contribution is 0.660. The fourth-order valence-electron chi connectivity index (χ4n) is 23.3. The van der Waals surface area contributed by atoms with Gasteiger partial charge in [-0.15, -0.1) is 0 Å². The van der Waals surface area contributed by atoms with E-state index in [9.17, 15) is 0 Å². The Kier molecular flexibility index (Phi) is 18.9. The lowest BCUT2D eigenvalue weighted by Crippen LogP contribution is -2.14. The summed E-state index contributed by atoms with van der Waals surface area (Å²) in [6.07, 6.45) is 12.6. The average Bonchev–Trinajstić information content (AvgIpc) is 1.66. The maximum Gasteiger partial charge on any atom is 0.160 e. The summed E-state index contributed by atoms with van der Waals surface area (Å²) in [5.41, 5.74) is 36.1. The summed E-state index contributed by atoms with van der Waals surface area (Å²) in [5, 5.41) is 21.9. The Bertz CT molecular complexity index is 8180. The second-order valence-corrected chi connectivity index (χ2v) is 37.7. The van der Waals surface area contributed by atoms with E-state index in [2.05, 4.69) is 434 Å². The van der Waals surface area contributed by atoms with Gasteiger partial charge in [-0.1, -0.05) is 406 Å². The smallest absolute Gasteiger partial charge is 0.160 e. The zero-order valence-corrected chi connectivity index (χ0v) is 75.8. The van der Waals surface area contributed by atoms with Crippen LogP contribution in [0.1, 0.15) is 74.9 Å². The predicted octanol–water partition coefficient (Wildman–Crippen LogP) is 33.7. The van der Waals surface area contributed by atoms with Crippen LogP contribution in [0.5, 0.6) is 0 Å². The highest BCUT2D eigenvalue weighted by Crippen LogP contribution is 2.60. The first-order chi connectivity index (χ1) is 66.3. The molecule has 27 rings (SSSR count). The van der Waals surface area contributed by atoms with Gasteiger partial charge in [0.1, 0.15) is 6.33 Å². The van der Waals surface area contributed by atoms with Gasteiger partial charge in [0.2, 0.25) is 0 Å². The van der Waals surface area contributed by atoms with Gasteiger partial charge < -0.3 is 0 Å². The van der Waals surface area contributed by atoms with E-state index in [4.69, 9.17) is 19.9 Å². The normalized spacial score (nSPS) is 13.3. The van der Waals surface area contributed by atoms with Crippen LogP contribution in [0.3, 0.4) is 0 Å². The van der Waals surface area contributed by atoms with Crippen molar-refractivity contribution in [3.05, 3.63) is 471 Å². The van der Waals surface area contributed by atoms with Crippen LogP contribution in [0.2, 0.25) is 0 Å². The molecule has 6 heteroatoms. The standard InChI is InChI=1S/3C43H30N2/c1-43(2)37-20-8-7-17-34(37)40-35(19-10-21-38(40)43)39-31-15-5-6-16-32(31)41(42-44-24-11-25-45-42)33-23-22-28(26-36(33)39)30-18-9-13-27-12-3-4-14-29(27)30;1-43(2)37-19-8-7-16-34(37)41-35(18-10-20-38(41)43)40-31-14-5-6-15-32(31)42(39-26-44-23-24-45-39)33-22-21-28(25-36(33)40)30-17-9-12-27-11-3-4-13-29(27)30;1-43(2)37-19-8-7-16-34(37)41-35(18-10-20-38(41)43)40-31-14-5-6-15-32(31)42(39-23-24-44-26-45-39)33-22-21-28(25-36(33)40)30-17-9-12-27-11-3-4-13-29(27)30/h3*3-26H,1-2H3. The maximum absolute atomic E-state index is 4.82. The van der Waals surface area contributed by atoms with Gasteiger partial charge in [-0.3, -0.25) is 9.97 Å². The molecule has 3 aliphatic carbocycles. The minimum atomic E-state index is -0.0839. The largest absolute Gasteiger partial charge is 0.261 e. The lowest BCUT2D eigenvalue weighted by atomic mass is 9.80. The maximum atomic E-state index is 4.82. The third-order valence-electron chi connectivity index (χ3n) is 29.5. The Hall–Kier alpha value is -16.8. The van der Waals surface area contributed by atoms with E-state index < -0.39 is 0 Å². The summed E-state index contributed by atoms with van der Waals surface area (Å²) in [7, 11) is 0. The van der Waals surface area contributed by atoms with Crippen molar-refractivity contribution < 1.29 is 0 Å². The summed E-state index contributed by atoms with van der Waals surface area (Å²) in [6, 6.07) is 144. The van der Waals surface area contributed by atoms with Gasteiger partial charge in [0, 0.05) is 63.9 Å². The van der Waals surface area contributed by atoms with Crippen LogP contribution in [0.4, 0.5) is 0 Å². The fraction of sp³-hybridized carbons (Fsp3) is 0.0698. The molecular formula is C129H90N6. The van der Waals surface area contributed by atoms with Crippen LogP contribution in [0.15, 0.2) is 438 Å². The van der Waals surface area contributed by atoms with Gasteiger partial charge in [-0.05, 0) is 261 Å².